The van der Waals surface area contributed by atoms with Crippen LogP contribution in [0.4, 0.5) is 5.82 Å². The van der Waals surface area contributed by atoms with Crippen LogP contribution in [-0.2, 0) is 0 Å². The van der Waals surface area contributed by atoms with E-state index < -0.39 is 5.97 Å². The van der Waals surface area contributed by atoms with Gasteiger partial charge in [0.15, 0.2) is 5.65 Å². The van der Waals surface area contributed by atoms with Crippen molar-refractivity contribution in [3.8, 4) is 5.69 Å². The molecule has 1 aromatic carbocycles. The van der Waals surface area contributed by atoms with E-state index in [1.807, 2.05) is 0 Å². The van der Waals surface area contributed by atoms with E-state index in [0.717, 1.165) is 0 Å². The lowest BCUT2D eigenvalue weighted by atomic mass is 10.2. The molecule has 0 aliphatic carbocycles. The van der Waals surface area contributed by atoms with Gasteiger partial charge in [0, 0.05) is 0 Å². The summed E-state index contributed by atoms with van der Waals surface area (Å²) in [7, 11) is 0. The molecule has 3 rings (SSSR count). The van der Waals surface area contributed by atoms with Gasteiger partial charge in [0.25, 0.3) is 0 Å². The molecule has 0 amide bonds. The van der Waals surface area contributed by atoms with Crippen molar-refractivity contribution in [1.82, 2.24) is 19.7 Å². The van der Waals surface area contributed by atoms with Crippen molar-refractivity contribution in [3.05, 3.63) is 42.4 Å². The Hall–Kier alpha value is -2.96. The molecule has 0 radical (unpaired) electrons. The van der Waals surface area contributed by atoms with Gasteiger partial charge in [0.05, 0.1) is 22.8 Å². The minimum Gasteiger partial charge on any atom is -0.478 e. The summed E-state index contributed by atoms with van der Waals surface area (Å²) in [5.74, 6) is -0.655. The lowest BCUT2D eigenvalue weighted by Crippen LogP contribution is -2.02. The van der Waals surface area contributed by atoms with Crippen LogP contribution < -0.4 is 5.73 Å². The van der Waals surface area contributed by atoms with Crippen molar-refractivity contribution < 1.29 is 9.90 Å². The van der Waals surface area contributed by atoms with Gasteiger partial charge in [-0.1, -0.05) is 6.07 Å². The Morgan fingerprint density at radius 2 is 2.16 bits per heavy atom. The molecular formula is C12H9N5O2. The molecule has 19 heavy (non-hydrogen) atoms. The molecule has 0 unspecified atom stereocenters. The van der Waals surface area contributed by atoms with E-state index >= 15 is 0 Å². The highest BCUT2D eigenvalue weighted by atomic mass is 16.4. The molecule has 94 valence electrons. The quantitative estimate of drug-likeness (QED) is 0.710. The summed E-state index contributed by atoms with van der Waals surface area (Å²) >= 11 is 0. The topological polar surface area (TPSA) is 107 Å². The second-order valence-electron chi connectivity index (χ2n) is 3.91. The second-order valence-corrected chi connectivity index (χ2v) is 3.91. The SMILES string of the molecule is Nc1ncnc2c1cnn2-c1cccc(C(=O)O)c1. The molecular weight excluding hydrogens is 246 g/mol. The van der Waals surface area contributed by atoms with Crippen LogP contribution in [0.15, 0.2) is 36.8 Å². The maximum atomic E-state index is 11.0. The van der Waals surface area contributed by atoms with Gasteiger partial charge in [-0.2, -0.15) is 5.10 Å². The highest BCUT2D eigenvalue weighted by molar-refractivity contribution is 5.89. The van der Waals surface area contributed by atoms with Gasteiger partial charge in [0.1, 0.15) is 12.1 Å². The number of fused-ring (bicyclic) bond motifs is 1. The van der Waals surface area contributed by atoms with Crippen molar-refractivity contribution >= 4 is 22.8 Å². The molecule has 0 aliphatic heterocycles. The Labute approximate surface area is 107 Å². The third kappa shape index (κ3) is 1.77. The number of aromatic carboxylic acids is 1. The predicted octanol–water partition coefficient (Wildman–Crippen LogP) is 1.10. The average Bonchev–Trinajstić information content (AvgIpc) is 2.84. The van der Waals surface area contributed by atoms with Gasteiger partial charge in [-0.15, -0.1) is 0 Å². The average molecular weight is 255 g/mol. The number of carboxylic acids is 1. The smallest absolute Gasteiger partial charge is 0.335 e. The number of anilines is 1. The first-order valence-electron chi connectivity index (χ1n) is 5.45. The minimum atomic E-state index is -0.993. The van der Waals surface area contributed by atoms with Crippen LogP contribution in [0, 0.1) is 0 Å². The fourth-order valence-electron chi connectivity index (χ4n) is 1.82. The van der Waals surface area contributed by atoms with E-state index in [1.165, 1.54) is 23.1 Å². The van der Waals surface area contributed by atoms with E-state index in [1.54, 1.807) is 18.3 Å². The van der Waals surface area contributed by atoms with Crippen LogP contribution in [0.2, 0.25) is 0 Å². The molecule has 0 bridgehead atoms. The number of nitrogens with two attached hydrogens (primary N) is 1. The van der Waals surface area contributed by atoms with E-state index in [-0.39, 0.29) is 5.56 Å². The standard InChI is InChI=1S/C12H9N5O2/c13-10-9-5-16-17(11(9)15-6-14-10)8-3-1-2-7(4-8)12(18)19/h1-6H,(H,18,19)(H2,13,14,15). The van der Waals surface area contributed by atoms with Gasteiger partial charge in [-0.3, -0.25) is 0 Å². The van der Waals surface area contributed by atoms with Gasteiger partial charge in [-0.05, 0) is 18.2 Å². The van der Waals surface area contributed by atoms with Crippen LogP contribution in [0.5, 0.6) is 0 Å². The molecule has 2 aromatic heterocycles. The first-order chi connectivity index (χ1) is 9.16. The fraction of sp³-hybridized carbons (Fsp3) is 0. The van der Waals surface area contributed by atoms with E-state index in [0.29, 0.717) is 22.5 Å². The normalized spacial score (nSPS) is 10.7. The number of benzene rings is 1. The van der Waals surface area contributed by atoms with Crippen LogP contribution in [0.1, 0.15) is 10.4 Å². The summed E-state index contributed by atoms with van der Waals surface area (Å²) in [5, 5.41) is 13.8. The molecule has 2 heterocycles. The van der Waals surface area contributed by atoms with Gasteiger partial charge in [0.2, 0.25) is 0 Å². The summed E-state index contributed by atoms with van der Waals surface area (Å²) in [6, 6.07) is 6.43. The largest absolute Gasteiger partial charge is 0.478 e. The van der Waals surface area contributed by atoms with Crippen molar-refractivity contribution in [2.24, 2.45) is 0 Å². The van der Waals surface area contributed by atoms with Crippen LogP contribution in [0.3, 0.4) is 0 Å². The first kappa shape index (κ1) is 11.1. The maximum Gasteiger partial charge on any atom is 0.335 e. The number of carbonyl (C=O) groups is 1. The molecule has 7 heteroatoms. The summed E-state index contributed by atoms with van der Waals surface area (Å²) < 4.78 is 1.53. The fourth-order valence-corrected chi connectivity index (χ4v) is 1.82. The van der Waals surface area contributed by atoms with Crippen LogP contribution in [-0.4, -0.2) is 30.8 Å². The molecule has 0 saturated carbocycles. The summed E-state index contributed by atoms with van der Waals surface area (Å²) in [6.45, 7) is 0. The number of nitrogen functional groups attached to an aromatic ring is 1. The molecule has 3 N–H and O–H groups in total. The third-order valence-corrected chi connectivity index (χ3v) is 2.73. The third-order valence-electron chi connectivity index (χ3n) is 2.73. The Bertz CT molecular complexity index is 781. The van der Waals surface area contributed by atoms with Gasteiger partial charge >= 0.3 is 5.97 Å². The van der Waals surface area contributed by atoms with Gasteiger partial charge < -0.3 is 10.8 Å². The summed E-state index contributed by atoms with van der Waals surface area (Å²) in [6.07, 6.45) is 2.90. The van der Waals surface area contributed by atoms with Crippen LogP contribution >= 0.6 is 0 Å². The molecule has 0 saturated heterocycles. The molecule has 0 fully saturated rings. The zero-order valence-electron chi connectivity index (χ0n) is 9.69. The lowest BCUT2D eigenvalue weighted by molar-refractivity contribution is 0.0697. The van der Waals surface area contributed by atoms with E-state index in [9.17, 15) is 4.79 Å². The number of hydrogen-bond acceptors (Lipinski definition) is 5. The molecule has 3 aromatic rings. The predicted molar refractivity (Wildman–Crippen MR) is 68.0 cm³/mol. The minimum absolute atomic E-state index is 0.183. The number of carboxylic acid groups (broad SMARTS) is 1. The van der Waals surface area contributed by atoms with Gasteiger partial charge in [-0.25, -0.2) is 19.4 Å². The van der Waals surface area contributed by atoms with E-state index in [2.05, 4.69) is 15.1 Å². The van der Waals surface area contributed by atoms with Crippen molar-refractivity contribution in [2.45, 2.75) is 0 Å². The molecule has 0 aliphatic rings. The highest BCUT2D eigenvalue weighted by Gasteiger charge is 2.10. The Kier molecular flexibility index (Phi) is 2.38. The number of rotatable bonds is 2. The molecule has 7 nitrogen and oxygen atoms in total. The number of aromatic nitrogens is 4. The Balaban J connectivity index is 2.22. The summed E-state index contributed by atoms with van der Waals surface area (Å²) in [5.41, 5.74) is 7.05. The molecule has 0 spiro atoms. The Morgan fingerprint density at radius 3 is 2.95 bits per heavy atom. The monoisotopic (exact) mass is 255 g/mol. The maximum absolute atomic E-state index is 11.0. The van der Waals surface area contributed by atoms with Crippen LogP contribution in [0.25, 0.3) is 16.7 Å². The van der Waals surface area contributed by atoms with Crippen molar-refractivity contribution in [2.75, 3.05) is 5.73 Å². The van der Waals surface area contributed by atoms with Crippen molar-refractivity contribution in [1.29, 1.82) is 0 Å². The van der Waals surface area contributed by atoms with E-state index in [4.69, 9.17) is 10.8 Å². The zero-order chi connectivity index (χ0) is 13.4. The second kappa shape index (κ2) is 4.05. The number of nitrogens with zero attached hydrogens (tertiary/aromatic N) is 4. The first-order valence-corrected chi connectivity index (χ1v) is 5.45. The lowest BCUT2D eigenvalue weighted by Gasteiger charge is -2.04. The molecule has 0 atom stereocenters. The highest BCUT2D eigenvalue weighted by Crippen LogP contribution is 2.19. The zero-order valence-corrected chi connectivity index (χ0v) is 9.69. The summed E-state index contributed by atoms with van der Waals surface area (Å²) in [4.78, 5) is 19.0. The number of hydrogen-bond donors (Lipinski definition) is 2. The Morgan fingerprint density at radius 1 is 1.32 bits per heavy atom. The van der Waals surface area contributed by atoms with Crippen molar-refractivity contribution in [3.63, 3.8) is 0 Å².